The summed E-state index contributed by atoms with van der Waals surface area (Å²) in [5.74, 6) is -1.51. The van der Waals surface area contributed by atoms with E-state index in [-0.39, 0.29) is 6.42 Å². The van der Waals surface area contributed by atoms with Crippen molar-refractivity contribution in [3.63, 3.8) is 0 Å². The fourth-order valence-electron chi connectivity index (χ4n) is 3.39. The summed E-state index contributed by atoms with van der Waals surface area (Å²) >= 11 is 0. The normalized spacial score (nSPS) is 12.3. The lowest BCUT2D eigenvalue weighted by Crippen LogP contribution is -2.45. The van der Waals surface area contributed by atoms with E-state index in [0.717, 1.165) is 23.3 Å². The van der Waals surface area contributed by atoms with Crippen LogP contribution in [0.2, 0.25) is 0 Å². The second-order valence-corrected chi connectivity index (χ2v) is 9.22. The number of aromatic nitrogens is 4. The van der Waals surface area contributed by atoms with Crippen LogP contribution in [0.4, 0.5) is 10.1 Å². The Labute approximate surface area is 195 Å². The van der Waals surface area contributed by atoms with Crippen LogP contribution in [0.5, 0.6) is 0 Å². The highest BCUT2D eigenvalue weighted by Crippen LogP contribution is 2.20. The largest absolute Gasteiger partial charge is 0.325 e. The minimum Gasteiger partial charge on any atom is -0.325 e. The van der Waals surface area contributed by atoms with Gasteiger partial charge in [0.2, 0.25) is 15.9 Å². The molecule has 2 N–H and O–H groups in total. The molecule has 0 spiro atoms. The molecule has 1 heterocycles. The molecule has 1 atom stereocenters. The highest BCUT2D eigenvalue weighted by molar-refractivity contribution is 7.89. The van der Waals surface area contributed by atoms with Gasteiger partial charge in [0, 0.05) is 5.69 Å². The summed E-state index contributed by atoms with van der Waals surface area (Å²) in [7, 11) is -4.31. The number of nitrogens with zero attached hydrogens (tertiary/aromatic N) is 4. The molecule has 9 nitrogen and oxygen atoms in total. The number of hydrogen-bond acceptors (Lipinski definition) is 6. The first-order valence-corrected chi connectivity index (χ1v) is 11.8. The van der Waals surface area contributed by atoms with Crippen molar-refractivity contribution in [2.45, 2.75) is 24.3 Å². The fraction of sp³-hybridized carbons (Fsp3) is 0.130. The topological polar surface area (TPSA) is 119 Å². The van der Waals surface area contributed by atoms with Crippen LogP contribution in [0, 0.1) is 12.7 Å². The second kappa shape index (κ2) is 9.89. The molecule has 1 aromatic heterocycles. The van der Waals surface area contributed by atoms with Crippen molar-refractivity contribution in [3.05, 3.63) is 96.1 Å². The molecular weight excluding hydrogens is 459 g/mol. The molecular formula is C23H21FN6O3S. The monoisotopic (exact) mass is 480 g/mol. The van der Waals surface area contributed by atoms with E-state index < -0.39 is 32.7 Å². The molecule has 0 bridgehead atoms. The predicted molar refractivity (Wildman–Crippen MR) is 123 cm³/mol. The highest BCUT2D eigenvalue weighted by atomic mass is 32.2. The molecule has 0 saturated carbocycles. The summed E-state index contributed by atoms with van der Waals surface area (Å²) in [5, 5.41) is 13.8. The van der Waals surface area contributed by atoms with Gasteiger partial charge >= 0.3 is 0 Å². The summed E-state index contributed by atoms with van der Waals surface area (Å²) in [4.78, 5) is 12.7. The number of carbonyl (C=O) groups is 1. The number of sulfonamides is 1. The Hall–Kier alpha value is -3.96. The van der Waals surface area contributed by atoms with Gasteiger partial charge < -0.3 is 5.32 Å². The Morgan fingerprint density at radius 3 is 2.50 bits per heavy atom. The minimum absolute atomic E-state index is 0.0616. The van der Waals surface area contributed by atoms with E-state index in [1.54, 1.807) is 42.5 Å². The molecule has 0 saturated heterocycles. The van der Waals surface area contributed by atoms with Gasteiger partial charge in [-0.2, -0.15) is 4.72 Å². The van der Waals surface area contributed by atoms with Crippen LogP contribution in [0.25, 0.3) is 5.69 Å². The van der Waals surface area contributed by atoms with E-state index in [9.17, 15) is 17.6 Å². The van der Waals surface area contributed by atoms with E-state index in [1.807, 2.05) is 13.0 Å². The lowest BCUT2D eigenvalue weighted by atomic mass is 10.1. The van der Waals surface area contributed by atoms with Crippen LogP contribution in [-0.2, 0) is 21.2 Å². The van der Waals surface area contributed by atoms with Crippen LogP contribution in [0.1, 0.15) is 11.1 Å². The zero-order chi connectivity index (χ0) is 24.1. The maximum atomic E-state index is 14.2. The lowest BCUT2D eigenvalue weighted by molar-refractivity contribution is -0.117. The molecule has 0 aliphatic heterocycles. The molecule has 1 amide bonds. The number of tetrazole rings is 1. The zero-order valence-corrected chi connectivity index (χ0v) is 18.9. The van der Waals surface area contributed by atoms with Gasteiger partial charge in [0.15, 0.2) is 0 Å². The highest BCUT2D eigenvalue weighted by Gasteiger charge is 2.28. The number of aryl methyl sites for hydroxylation is 1. The summed E-state index contributed by atoms with van der Waals surface area (Å²) in [5.41, 5.74) is 2.67. The van der Waals surface area contributed by atoms with E-state index >= 15 is 0 Å². The van der Waals surface area contributed by atoms with Gasteiger partial charge in [-0.05, 0) is 59.2 Å². The maximum Gasteiger partial charge on any atom is 0.244 e. The number of hydrogen-bond donors (Lipinski definition) is 2. The first kappa shape index (κ1) is 23.2. The Kier molecular flexibility index (Phi) is 6.75. The molecule has 0 aliphatic rings. The van der Waals surface area contributed by atoms with Crippen LogP contribution in [-0.4, -0.2) is 40.6 Å². The smallest absolute Gasteiger partial charge is 0.244 e. The summed E-state index contributed by atoms with van der Waals surface area (Å²) in [6.07, 6.45) is 1.49. The molecule has 0 unspecified atom stereocenters. The van der Waals surface area contributed by atoms with Crippen LogP contribution in [0.3, 0.4) is 0 Å². The molecule has 4 rings (SSSR count). The lowest BCUT2D eigenvalue weighted by Gasteiger charge is -2.19. The summed E-state index contributed by atoms with van der Waals surface area (Å²) < 4.78 is 43.8. The van der Waals surface area contributed by atoms with Crippen LogP contribution < -0.4 is 10.0 Å². The number of nitrogens with one attached hydrogen (secondary N) is 2. The quantitative estimate of drug-likeness (QED) is 0.400. The van der Waals surface area contributed by atoms with Gasteiger partial charge in [-0.1, -0.05) is 48.5 Å². The Morgan fingerprint density at radius 2 is 1.79 bits per heavy atom. The Balaban J connectivity index is 1.62. The van der Waals surface area contributed by atoms with E-state index in [1.165, 1.54) is 23.1 Å². The van der Waals surface area contributed by atoms with E-state index in [4.69, 9.17) is 0 Å². The number of rotatable bonds is 8. The van der Waals surface area contributed by atoms with Crippen molar-refractivity contribution in [2.75, 3.05) is 5.32 Å². The van der Waals surface area contributed by atoms with Crippen molar-refractivity contribution in [1.82, 2.24) is 24.9 Å². The summed E-state index contributed by atoms with van der Waals surface area (Å²) in [6, 6.07) is 17.9. The molecule has 34 heavy (non-hydrogen) atoms. The Bertz CT molecular complexity index is 1400. The molecule has 4 aromatic rings. The van der Waals surface area contributed by atoms with Crippen LogP contribution >= 0.6 is 0 Å². The van der Waals surface area contributed by atoms with Crippen molar-refractivity contribution in [1.29, 1.82) is 0 Å². The van der Waals surface area contributed by atoms with Crippen molar-refractivity contribution >= 4 is 21.6 Å². The number of anilines is 1. The third-order valence-electron chi connectivity index (χ3n) is 5.10. The first-order chi connectivity index (χ1) is 16.3. The average Bonchev–Trinajstić information content (AvgIpc) is 3.35. The van der Waals surface area contributed by atoms with Crippen molar-refractivity contribution in [2.24, 2.45) is 0 Å². The van der Waals surface area contributed by atoms with Gasteiger partial charge in [0.1, 0.15) is 23.1 Å². The van der Waals surface area contributed by atoms with Gasteiger partial charge in [0.05, 0.1) is 5.69 Å². The van der Waals surface area contributed by atoms with Gasteiger partial charge in [-0.25, -0.2) is 17.5 Å². The molecule has 0 fully saturated rings. The predicted octanol–water partition coefficient (Wildman–Crippen LogP) is 2.64. The van der Waals surface area contributed by atoms with Gasteiger partial charge in [-0.3, -0.25) is 4.79 Å². The summed E-state index contributed by atoms with van der Waals surface area (Å²) in [6.45, 7) is 1.86. The molecule has 0 aliphatic carbocycles. The maximum absolute atomic E-state index is 14.2. The number of carbonyl (C=O) groups excluding carboxylic acids is 1. The number of halogens is 1. The third kappa shape index (κ3) is 5.33. The molecule has 3 aromatic carbocycles. The molecule has 174 valence electrons. The minimum atomic E-state index is -4.31. The van der Waals surface area contributed by atoms with E-state index in [0.29, 0.717) is 11.4 Å². The first-order valence-electron chi connectivity index (χ1n) is 10.3. The van der Waals surface area contributed by atoms with Gasteiger partial charge in [0.25, 0.3) is 0 Å². The molecule has 11 heteroatoms. The number of amides is 1. The van der Waals surface area contributed by atoms with Crippen molar-refractivity contribution < 1.29 is 17.6 Å². The van der Waals surface area contributed by atoms with Crippen molar-refractivity contribution in [3.8, 4) is 5.69 Å². The van der Waals surface area contributed by atoms with Gasteiger partial charge in [-0.15, -0.1) is 5.10 Å². The van der Waals surface area contributed by atoms with Crippen LogP contribution in [0.15, 0.2) is 84.0 Å². The average molecular weight is 481 g/mol. The third-order valence-corrected chi connectivity index (χ3v) is 6.60. The standard InChI is InChI=1S/C23H21FN6O3S/c1-16-11-12-18(14-21(16)30-15-25-28-29-30)26-23(31)20(13-17-7-3-2-4-8-17)27-34(32,33)22-10-6-5-9-19(22)24/h2-12,14-15,20,27H,13H2,1H3,(H,26,31)/t20-/m0/s1. The zero-order valence-electron chi connectivity index (χ0n) is 18.1. The second-order valence-electron chi connectivity index (χ2n) is 7.54. The molecule has 0 radical (unpaired) electrons. The van der Waals surface area contributed by atoms with E-state index in [2.05, 4.69) is 25.6 Å². The number of benzene rings is 3. The fourth-order valence-corrected chi connectivity index (χ4v) is 4.66. The Morgan fingerprint density at radius 1 is 1.06 bits per heavy atom. The SMILES string of the molecule is Cc1ccc(NC(=O)[C@H](Cc2ccccc2)NS(=O)(=O)c2ccccc2F)cc1-n1cnnn1.